The molecule has 0 aliphatic heterocycles. The average Bonchev–Trinajstić information content (AvgIpc) is 2.56. The van der Waals surface area contributed by atoms with Crippen molar-refractivity contribution in [1.82, 2.24) is 0 Å². The molecular formula is C22H41NO. The van der Waals surface area contributed by atoms with E-state index in [9.17, 15) is 4.79 Å². The van der Waals surface area contributed by atoms with Gasteiger partial charge in [-0.15, -0.1) is 0 Å². The number of ketones is 1. The molecule has 0 saturated heterocycles. The molecule has 0 aliphatic rings. The van der Waals surface area contributed by atoms with Crippen LogP contribution in [0.15, 0.2) is 12.2 Å². The summed E-state index contributed by atoms with van der Waals surface area (Å²) in [5.41, 5.74) is 1.27. The van der Waals surface area contributed by atoms with Gasteiger partial charge in [-0.25, -0.2) is 0 Å². The number of nitrogens with one attached hydrogen (secondary N) is 1. The Hall–Kier alpha value is -0.920. The number of hydrogen-bond acceptors (Lipinski definition) is 2. The van der Waals surface area contributed by atoms with E-state index in [1.807, 2.05) is 6.92 Å². The molecule has 2 heteroatoms. The standard InChI is InChI=1S/C22H41NO/c1-5-7-9-10-11-12-13-14-16-18-21(24)22(23)20(19(3)4)17-15-8-6-2/h20,23H,3,5-18H2,1-2,4H3/t20-/m0/s1. The molecule has 0 amide bonds. The van der Waals surface area contributed by atoms with Crippen molar-refractivity contribution in [3.63, 3.8) is 0 Å². The Kier molecular flexibility index (Phi) is 15.0. The zero-order valence-corrected chi connectivity index (χ0v) is 16.6. The van der Waals surface area contributed by atoms with Gasteiger partial charge in [0.2, 0.25) is 0 Å². The molecule has 1 atom stereocenters. The summed E-state index contributed by atoms with van der Waals surface area (Å²) < 4.78 is 0. The molecular weight excluding hydrogens is 294 g/mol. The van der Waals surface area contributed by atoms with Crippen LogP contribution in [0.25, 0.3) is 0 Å². The number of carbonyl (C=O) groups is 1. The highest BCUT2D eigenvalue weighted by Crippen LogP contribution is 2.20. The Bertz CT molecular complexity index is 359. The van der Waals surface area contributed by atoms with Crippen LogP contribution in [0.3, 0.4) is 0 Å². The van der Waals surface area contributed by atoms with Gasteiger partial charge in [0.05, 0.1) is 5.71 Å². The molecule has 0 radical (unpaired) electrons. The second kappa shape index (κ2) is 15.6. The second-order valence-corrected chi connectivity index (χ2v) is 7.31. The summed E-state index contributed by atoms with van der Waals surface area (Å²) in [5, 5.41) is 8.22. The quantitative estimate of drug-likeness (QED) is 0.169. The highest BCUT2D eigenvalue weighted by molar-refractivity contribution is 6.39. The number of allylic oxidation sites excluding steroid dienone is 1. The SMILES string of the molecule is C=C(C)[C@H](CCCCC)C(=N)C(=O)CCCCCCCCCCC. The molecule has 0 spiro atoms. The highest BCUT2D eigenvalue weighted by atomic mass is 16.1. The summed E-state index contributed by atoms with van der Waals surface area (Å²) in [6.45, 7) is 10.4. The van der Waals surface area contributed by atoms with Crippen molar-refractivity contribution < 1.29 is 4.79 Å². The van der Waals surface area contributed by atoms with E-state index in [0.29, 0.717) is 12.1 Å². The number of rotatable bonds is 17. The molecule has 0 aliphatic carbocycles. The molecule has 0 heterocycles. The summed E-state index contributed by atoms with van der Waals surface area (Å²) in [4.78, 5) is 12.3. The van der Waals surface area contributed by atoms with E-state index in [1.165, 1.54) is 57.8 Å². The van der Waals surface area contributed by atoms with E-state index in [4.69, 9.17) is 5.41 Å². The first-order valence-electron chi connectivity index (χ1n) is 10.3. The van der Waals surface area contributed by atoms with Gasteiger partial charge in [0, 0.05) is 12.3 Å². The van der Waals surface area contributed by atoms with Crippen LogP contribution in [0.5, 0.6) is 0 Å². The minimum atomic E-state index is -0.0254. The van der Waals surface area contributed by atoms with Gasteiger partial charge in [-0.3, -0.25) is 4.79 Å². The molecule has 2 nitrogen and oxygen atoms in total. The lowest BCUT2D eigenvalue weighted by Crippen LogP contribution is -2.23. The summed E-state index contributed by atoms with van der Waals surface area (Å²) >= 11 is 0. The topological polar surface area (TPSA) is 40.9 Å². The molecule has 0 rings (SSSR count). The molecule has 0 unspecified atom stereocenters. The Morgan fingerprint density at radius 1 is 0.833 bits per heavy atom. The van der Waals surface area contributed by atoms with Crippen molar-refractivity contribution in [2.75, 3.05) is 0 Å². The van der Waals surface area contributed by atoms with Gasteiger partial charge in [0.25, 0.3) is 0 Å². The molecule has 140 valence electrons. The monoisotopic (exact) mass is 335 g/mol. The maximum Gasteiger partial charge on any atom is 0.176 e. The average molecular weight is 336 g/mol. The molecule has 0 aromatic carbocycles. The largest absolute Gasteiger partial charge is 0.301 e. The fraction of sp³-hybridized carbons (Fsp3) is 0.818. The molecule has 0 aromatic rings. The van der Waals surface area contributed by atoms with Crippen LogP contribution < -0.4 is 0 Å². The van der Waals surface area contributed by atoms with Crippen molar-refractivity contribution in [3.8, 4) is 0 Å². The highest BCUT2D eigenvalue weighted by Gasteiger charge is 2.20. The minimum Gasteiger partial charge on any atom is -0.301 e. The molecule has 1 N–H and O–H groups in total. The van der Waals surface area contributed by atoms with Crippen LogP contribution >= 0.6 is 0 Å². The first kappa shape index (κ1) is 23.1. The zero-order valence-electron chi connectivity index (χ0n) is 16.6. The Labute approximate surface area is 151 Å². The third-order valence-electron chi connectivity index (χ3n) is 4.85. The van der Waals surface area contributed by atoms with Gasteiger partial charge in [0.15, 0.2) is 5.78 Å². The van der Waals surface area contributed by atoms with E-state index in [2.05, 4.69) is 20.4 Å². The predicted molar refractivity (Wildman–Crippen MR) is 107 cm³/mol. The van der Waals surface area contributed by atoms with Gasteiger partial charge in [-0.1, -0.05) is 96.6 Å². The van der Waals surface area contributed by atoms with Gasteiger partial charge in [-0.05, 0) is 19.8 Å². The predicted octanol–water partition coefficient (Wildman–Crippen LogP) is 7.27. The lowest BCUT2D eigenvalue weighted by Gasteiger charge is -2.17. The Morgan fingerprint density at radius 2 is 1.29 bits per heavy atom. The fourth-order valence-corrected chi connectivity index (χ4v) is 3.16. The Morgan fingerprint density at radius 3 is 1.79 bits per heavy atom. The van der Waals surface area contributed by atoms with E-state index in [-0.39, 0.29) is 11.7 Å². The number of unbranched alkanes of at least 4 members (excludes halogenated alkanes) is 10. The summed E-state index contributed by atoms with van der Waals surface area (Å²) in [6.07, 6.45) is 16.2. The zero-order chi connectivity index (χ0) is 18.2. The summed E-state index contributed by atoms with van der Waals surface area (Å²) in [7, 11) is 0. The number of Topliss-reactive ketones (excluding diaryl/α,β-unsaturated/α-hetero) is 1. The van der Waals surface area contributed by atoms with Gasteiger partial charge < -0.3 is 5.41 Å². The van der Waals surface area contributed by atoms with Gasteiger partial charge in [-0.2, -0.15) is 0 Å². The van der Waals surface area contributed by atoms with Crippen LogP contribution in [-0.4, -0.2) is 11.5 Å². The van der Waals surface area contributed by atoms with Crippen LogP contribution in [0.2, 0.25) is 0 Å². The van der Waals surface area contributed by atoms with Crippen molar-refractivity contribution in [1.29, 1.82) is 5.41 Å². The van der Waals surface area contributed by atoms with Crippen LogP contribution in [-0.2, 0) is 4.79 Å². The summed E-state index contributed by atoms with van der Waals surface area (Å²) in [6, 6.07) is 0. The third-order valence-corrected chi connectivity index (χ3v) is 4.85. The lowest BCUT2D eigenvalue weighted by molar-refractivity contribution is -0.113. The minimum absolute atomic E-state index is 0.0254. The van der Waals surface area contributed by atoms with Crippen molar-refractivity contribution in [2.45, 2.75) is 111 Å². The second-order valence-electron chi connectivity index (χ2n) is 7.31. The molecule has 0 saturated carbocycles. The van der Waals surface area contributed by atoms with Crippen LogP contribution in [0.1, 0.15) is 111 Å². The van der Waals surface area contributed by atoms with Crippen LogP contribution in [0, 0.1) is 11.3 Å². The molecule has 0 bridgehead atoms. The van der Waals surface area contributed by atoms with E-state index < -0.39 is 0 Å². The normalized spacial score (nSPS) is 12.1. The first-order chi connectivity index (χ1) is 11.5. The number of hydrogen-bond donors (Lipinski definition) is 1. The Balaban J connectivity index is 3.87. The van der Waals surface area contributed by atoms with Gasteiger partial charge >= 0.3 is 0 Å². The third kappa shape index (κ3) is 11.6. The van der Waals surface area contributed by atoms with Crippen LogP contribution in [0.4, 0.5) is 0 Å². The van der Waals surface area contributed by atoms with E-state index in [1.54, 1.807) is 0 Å². The molecule has 24 heavy (non-hydrogen) atoms. The molecule has 0 aromatic heterocycles. The lowest BCUT2D eigenvalue weighted by atomic mass is 9.87. The van der Waals surface area contributed by atoms with E-state index >= 15 is 0 Å². The summed E-state index contributed by atoms with van der Waals surface area (Å²) in [5.74, 6) is 0.0186. The van der Waals surface area contributed by atoms with Crippen molar-refractivity contribution >= 4 is 11.5 Å². The van der Waals surface area contributed by atoms with Crippen molar-refractivity contribution in [3.05, 3.63) is 12.2 Å². The van der Waals surface area contributed by atoms with E-state index in [0.717, 1.165) is 31.3 Å². The molecule has 0 fully saturated rings. The van der Waals surface area contributed by atoms with Gasteiger partial charge in [0.1, 0.15) is 0 Å². The smallest absolute Gasteiger partial charge is 0.176 e. The van der Waals surface area contributed by atoms with Crippen molar-refractivity contribution in [2.24, 2.45) is 5.92 Å². The maximum atomic E-state index is 12.3. The maximum absolute atomic E-state index is 12.3. The number of carbonyl (C=O) groups excluding carboxylic acids is 1. The fourth-order valence-electron chi connectivity index (χ4n) is 3.16. The first-order valence-corrected chi connectivity index (χ1v) is 10.3.